The van der Waals surface area contributed by atoms with Crippen LogP contribution in [0.1, 0.15) is 62.8 Å². The van der Waals surface area contributed by atoms with E-state index in [1.165, 1.54) is 5.56 Å². The number of ether oxygens (including phenoxy) is 2. The maximum atomic E-state index is 13.0. The maximum absolute atomic E-state index is 13.0. The number of hydrogen-bond donors (Lipinski definition) is 3. The van der Waals surface area contributed by atoms with Gasteiger partial charge in [0, 0.05) is 49.4 Å². The van der Waals surface area contributed by atoms with Crippen molar-refractivity contribution in [2.24, 2.45) is 0 Å². The number of nitrogens with zero attached hydrogens (tertiary/aromatic N) is 3. The highest BCUT2D eigenvalue weighted by molar-refractivity contribution is 5.84. The van der Waals surface area contributed by atoms with Gasteiger partial charge in [0.25, 0.3) is 0 Å². The molecule has 10 heteroatoms. The monoisotopic (exact) mass is 468 g/mol. The Morgan fingerprint density at radius 3 is 3.00 bits per heavy atom. The number of carbonyl (C=O) groups is 2. The molecule has 0 unspecified atom stereocenters. The first-order valence-corrected chi connectivity index (χ1v) is 12.0. The number of aromatic nitrogens is 3. The molecule has 0 spiro atoms. The second kappa shape index (κ2) is 9.25. The van der Waals surface area contributed by atoms with Crippen LogP contribution in [0.4, 0.5) is 10.6 Å². The van der Waals surface area contributed by atoms with E-state index >= 15 is 0 Å². The molecule has 0 bridgehead atoms. The van der Waals surface area contributed by atoms with E-state index in [9.17, 15) is 9.59 Å². The number of H-pyrrole nitrogens is 1. The van der Waals surface area contributed by atoms with Crippen LogP contribution >= 0.6 is 0 Å². The van der Waals surface area contributed by atoms with E-state index in [0.29, 0.717) is 31.3 Å². The van der Waals surface area contributed by atoms with Crippen molar-refractivity contribution < 1.29 is 19.1 Å². The summed E-state index contributed by atoms with van der Waals surface area (Å²) in [6.07, 6.45) is 6.20. The lowest BCUT2D eigenvalue weighted by atomic mass is 10.0. The Balaban J connectivity index is 1.10. The average molecular weight is 469 g/mol. The Labute approximate surface area is 198 Å². The fourth-order valence-corrected chi connectivity index (χ4v) is 4.62. The van der Waals surface area contributed by atoms with Crippen LogP contribution in [-0.4, -0.2) is 69.5 Å². The molecular formula is C24H32N6O4. The van der Waals surface area contributed by atoms with Gasteiger partial charge in [0.2, 0.25) is 5.91 Å². The summed E-state index contributed by atoms with van der Waals surface area (Å²) in [5, 5.41) is 13.4. The van der Waals surface area contributed by atoms with Gasteiger partial charge in [-0.2, -0.15) is 5.10 Å². The normalized spacial score (nSPS) is 26.2. The van der Waals surface area contributed by atoms with Gasteiger partial charge in [-0.05, 0) is 44.7 Å². The van der Waals surface area contributed by atoms with Gasteiger partial charge in [0.15, 0.2) is 0 Å². The molecule has 0 radical (unpaired) electrons. The van der Waals surface area contributed by atoms with Gasteiger partial charge in [-0.15, -0.1) is 0 Å². The molecule has 3 fully saturated rings. The van der Waals surface area contributed by atoms with Gasteiger partial charge >= 0.3 is 6.09 Å². The molecule has 4 atom stereocenters. The Bertz CT molecular complexity index is 1020. The summed E-state index contributed by atoms with van der Waals surface area (Å²) < 4.78 is 11.3. The van der Waals surface area contributed by atoms with Crippen molar-refractivity contribution in [2.75, 3.05) is 25.0 Å². The second-order valence-corrected chi connectivity index (χ2v) is 9.90. The standard InChI is InChI=1S/C24H32N6O4/c1-15(22(31)30-9-5-17(13-30)16-4-3-8-25-12-16)26-21-11-19(28-29-21)20-10-18(14-33-20)34-23(32)27-24(2)6-7-24/h3-4,8,11-12,15,17-18,20H,5-7,9-10,13-14H2,1-2H3,(H,27,32)(H2,26,28,29)/t15-,17+,18-,20-/m1/s1. The van der Waals surface area contributed by atoms with Crippen molar-refractivity contribution in [3.05, 3.63) is 41.9 Å². The third kappa shape index (κ3) is 5.16. The Hall–Kier alpha value is -3.14. The van der Waals surface area contributed by atoms with E-state index < -0.39 is 6.04 Å². The zero-order valence-corrected chi connectivity index (χ0v) is 19.6. The highest BCUT2D eigenvalue weighted by Gasteiger charge is 2.40. The lowest BCUT2D eigenvalue weighted by Crippen LogP contribution is -2.40. The minimum atomic E-state index is -0.406. The van der Waals surface area contributed by atoms with Gasteiger partial charge < -0.3 is 25.0 Å². The molecule has 182 valence electrons. The fourth-order valence-electron chi connectivity index (χ4n) is 4.62. The number of amides is 2. The summed E-state index contributed by atoms with van der Waals surface area (Å²) in [4.78, 5) is 31.1. The van der Waals surface area contributed by atoms with Crippen LogP contribution in [0.25, 0.3) is 0 Å². The van der Waals surface area contributed by atoms with E-state index in [-0.39, 0.29) is 29.7 Å². The summed E-state index contributed by atoms with van der Waals surface area (Å²) >= 11 is 0. The minimum absolute atomic E-state index is 0.0527. The second-order valence-electron chi connectivity index (χ2n) is 9.90. The Morgan fingerprint density at radius 2 is 2.24 bits per heavy atom. The lowest BCUT2D eigenvalue weighted by Gasteiger charge is -2.21. The van der Waals surface area contributed by atoms with Gasteiger partial charge in [-0.1, -0.05) is 6.07 Å². The van der Waals surface area contributed by atoms with Crippen LogP contribution in [0, 0.1) is 0 Å². The van der Waals surface area contributed by atoms with Crippen molar-refractivity contribution in [3.8, 4) is 0 Å². The number of aromatic amines is 1. The van der Waals surface area contributed by atoms with E-state index in [0.717, 1.165) is 31.5 Å². The number of rotatable bonds is 7. The van der Waals surface area contributed by atoms with Gasteiger partial charge in [0.05, 0.1) is 12.3 Å². The molecule has 3 N–H and O–H groups in total. The van der Waals surface area contributed by atoms with Crippen LogP contribution in [0.15, 0.2) is 30.6 Å². The predicted octanol–water partition coefficient (Wildman–Crippen LogP) is 2.73. The molecule has 2 saturated heterocycles. The Morgan fingerprint density at radius 1 is 1.38 bits per heavy atom. The summed E-state index contributed by atoms with van der Waals surface area (Å²) in [7, 11) is 0. The number of likely N-dealkylation sites (tertiary alicyclic amines) is 1. The molecule has 4 heterocycles. The molecule has 1 saturated carbocycles. The molecule has 1 aliphatic carbocycles. The molecule has 2 aromatic rings. The van der Waals surface area contributed by atoms with Crippen LogP contribution in [-0.2, 0) is 14.3 Å². The zero-order valence-electron chi connectivity index (χ0n) is 19.6. The molecule has 2 amide bonds. The molecule has 3 aliphatic rings. The fraction of sp³-hybridized carbons (Fsp3) is 0.583. The Kier molecular flexibility index (Phi) is 6.16. The zero-order chi connectivity index (χ0) is 23.7. The number of carbonyl (C=O) groups excluding carboxylic acids is 2. The van der Waals surface area contributed by atoms with E-state index in [2.05, 4.69) is 31.9 Å². The number of hydrogen-bond acceptors (Lipinski definition) is 7. The average Bonchev–Trinajstić information content (AvgIpc) is 3.28. The molecule has 2 aromatic heterocycles. The van der Waals surface area contributed by atoms with Crippen molar-refractivity contribution in [1.82, 2.24) is 25.4 Å². The van der Waals surface area contributed by atoms with Crippen molar-refractivity contribution in [2.45, 2.75) is 69.2 Å². The first kappa shape index (κ1) is 22.6. The van der Waals surface area contributed by atoms with Crippen LogP contribution in [0.3, 0.4) is 0 Å². The van der Waals surface area contributed by atoms with Crippen LogP contribution < -0.4 is 10.6 Å². The van der Waals surface area contributed by atoms with Crippen molar-refractivity contribution in [1.29, 1.82) is 0 Å². The van der Waals surface area contributed by atoms with Gasteiger partial charge in [-0.25, -0.2) is 4.79 Å². The predicted molar refractivity (Wildman–Crippen MR) is 124 cm³/mol. The van der Waals surface area contributed by atoms with E-state index in [1.807, 2.05) is 37.1 Å². The smallest absolute Gasteiger partial charge is 0.407 e. The lowest BCUT2D eigenvalue weighted by molar-refractivity contribution is -0.130. The van der Waals surface area contributed by atoms with E-state index in [4.69, 9.17) is 9.47 Å². The van der Waals surface area contributed by atoms with Crippen LogP contribution in [0.5, 0.6) is 0 Å². The highest BCUT2D eigenvalue weighted by Crippen LogP contribution is 2.35. The number of anilines is 1. The molecule has 10 nitrogen and oxygen atoms in total. The molecule has 2 aliphatic heterocycles. The van der Waals surface area contributed by atoms with Crippen molar-refractivity contribution >= 4 is 17.8 Å². The highest BCUT2D eigenvalue weighted by atomic mass is 16.6. The topological polar surface area (TPSA) is 121 Å². The van der Waals surface area contributed by atoms with Gasteiger partial charge in [-0.3, -0.25) is 14.9 Å². The minimum Gasteiger partial charge on any atom is -0.444 e. The maximum Gasteiger partial charge on any atom is 0.407 e. The van der Waals surface area contributed by atoms with Crippen molar-refractivity contribution in [3.63, 3.8) is 0 Å². The quantitative estimate of drug-likeness (QED) is 0.571. The first-order valence-electron chi connectivity index (χ1n) is 12.0. The van der Waals surface area contributed by atoms with E-state index in [1.54, 1.807) is 6.20 Å². The number of pyridine rings is 1. The molecule has 5 rings (SSSR count). The SMILES string of the molecule is C[C@@H](Nc1cc([C@H]2C[C@@H](OC(=O)NC3(C)CC3)CO2)[nH]n1)C(=O)N1CC[C@H](c2cccnc2)C1. The summed E-state index contributed by atoms with van der Waals surface area (Å²) in [6, 6.07) is 5.45. The summed E-state index contributed by atoms with van der Waals surface area (Å²) in [6.45, 7) is 5.64. The van der Waals surface area contributed by atoms with Crippen LogP contribution in [0.2, 0.25) is 0 Å². The third-order valence-electron chi connectivity index (χ3n) is 6.97. The molecule has 34 heavy (non-hydrogen) atoms. The summed E-state index contributed by atoms with van der Waals surface area (Å²) in [5.74, 6) is 0.967. The third-order valence-corrected chi connectivity index (χ3v) is 6.97. The molecule has 0 aromatic carbocycles. The largest absolute Gasteiger partial charge is 0.444 e. The van der Waals surface area contributed by atoms with Gasteiger partial charge in [0.1, 0.15) is 24.1 Å². The summed E-state index contributed by atoms with van der Waals surface area (Å²) in [5.41, 5.74) is 1.86. The number of alkyl carbamates (subject to hydrolysis) is 1. The molecular weight excluding hydrogens is 436 g/mol. The first-order chi connectivity index (χ1) is 16.4. The number of nitrogens with one attached hydrogen (secondary N) is 3.